The van der Waals surface area contributed by atoms with Crippen molar-refractivity contribution in [1.82, 2.24) is 4.90 Å². The summed E-state index contributed by atoms with van der Waals surface area (Å²) < 4.78 is 21.8. The van der Waals surface area contributed by atoms with Crippen LogP contribution in [-0.4, -0.2) is 42.7 Å². The summed E-state index contributed by atoms with van der Waals surface area (Å²) in [7, 11) is 1.73. The number of para-hydroxylation sites is 2. The Bertz CT molecular complexity index is 1080. The van der Waals surface area contributed by atoms with Gasteiger partial charge >= 0.3 is 0 Å². The number of anilines is 2. The lowest BCUT2D eigenvalue weighted by atomic mass is 10.1. The normalized spacial score (nSPS) is 15.1. The standard InChI is InChI=1S/C29H37N3O2S/c1-4-5-8-24-12-14-26(15-13-24)30-35(33)27-16-11-23(2)25(21-27)22-31-17-19-32(20-18-31)28-9-6-7-10-29(28)34-3/h6-7,9-16,21,30H,4-5,8,17-20,22H2,1-3H3. The average Bonchev–Trinajstić information content (AvgIpc) is 2.90. The molecule has 1 N–H and O–H groups in total. The molecule has 0 bridgehead atoms. The van der Waals surface area contributed by atoms with Gasteiger partial charge in [-0.05, 0) is 66.8 Å². The maximum atomic E-state index is 13.1. The van der Waals surface area contributed by atoms with Crippen molar-refractivity contribution in [2.75, 3.05) is 42.9 Å². The van der Waals surface area contributed by atoms with Crippen molar-refractivity contribution >= 4 is 22.7 Å². The molecule has 6 heteroatoms. The molecule has 3 aromatic rings. The fourth-order valence-corrected chi connectivity index (χ4v) is 5.41. The summed E-state index contributed by atoms with van der Waals surface area (Å²) in [5.74, 6) is 0.926. The number of nitrogens with one attached hydrogen (secondary N) is 1. The number of hydrogen-bond acceptors (Lipinski definition) is 5. The van der Waals surface area contributed by atoms with Crippen molar-refractivity contribution in [2.24, 2.45) is 0 Å². The molecule has 0 spiro atoms. The second kappa shape index (κ2) is 12.3. The molecule has 186 valence electrons. The molecule has 0 aromatic heterocycles. The first-order valence-corrected chi connectivity index (χ1v) is 13.7. The Kier molecular flexibility index (Phi) is 8.96. The molecular formula is C29H37N3O2S. The van der Waals surface area contributed by atoms with Crippen LogP contribution < -0.4 is 14.4 Å². The largest absolute Gasteiger partial charge is 0.588 e. The van der Waals surface area contributed by atoms with Crippen molar-refractivity contribution in [3.05, 3.63) is 83.4 Å². The Morgan fingerprint density at radius 2 is 1.71 bits per heavy atom. The number of hydrogen-bond donors (Lipinski definition) is 1. The van der Waals surface area contributed by atoms with Gasteiger partial charge in [0.15, 0.2) is 4.90 Å². The summed E-state index contributed by atoms with van der Waals surface area (Å²) in [5, 5.41) is 0. The number of piperazine rings is 1. The fourth-order valence-electron chi connectivity index (χ4n) is 4.50. The molecule has 1 unspecified atom stereocenters. The van der Waals surface area contributed by atoms with E-state index in [1.807, 2.05) is 30.3 Å². The zero-order chi connectivity index (χ0) is 24.6. The van der Waals surface area contributed by atoms with Crippen molar-refractivity contribution in [1.29, 1.82) is 0 Å². The van der Waals surface area contributed by atoms with Gasteiger partial charge in [-0.2, -0.15) is 0 Å². The molecular weight excluding hydrogens is 454 g/mol. The average molecular weight is 492 g/mol. The van der Waals surface area contributed by atoms with Crippen molar-refractivity contribution in [3.63, 3.8) is 0 Å². The molecule has 35 heavy (non-hydrogen) atoms. The van der Waals surface area contributed by atoms with Crippen LogP contribution in [0.4, 0.5) is 11.4 Å². The molecule has 1 aliphatic rings. The summed E-state index contributed by atoms with van der Waals surface area (Å²) >= 11 is -1.30. The summed E-state index contributed by atoms with van der Waals surface area (Å²) in [6, 6.07) is 22.7. The molecule has 1 fully saturated rings. The number of methoxy groups -OCH3 is 1. The summed E-state index contributed by atoms with van der Waals surface area (Å²) in [6.45, 7) is 9.08. The predicted molar refractivity (Wildman–Crippen MR) is 147 cm³/mol. The van der Waals surface area contributed by atoms with Gasteiger partial charge in [0.1, 0.15) is 17.1 Å². The summed E-state index contributed by atoms with van der Waals surface area (Å²) in [6.07, 6.45) is 3.48. The maximum Gasteiger partial charge on any atom is 0.180 e. The van der Waals surface area contributed by atoms with Crippen molar-refractivity contribution in [3.8, 4) is 5.75 Å². The quantitative estimate of drug-likeness (QED) is 0.363. The number of benzene rings is 3. The first kappa shape index (κ1) is 25.4. The minimum atomic E-state index is -1.30. The molecule has 0 radical (unpaired) electrons. The molecule has 3 aromatic carbocycles. The third-order valence-corrected chi connectivity index (χ3v) is 7.81. The van der Waals surface area contributed by atoms with Crippen LogP contribution in [0.25, 0.3) is 0 Å². The third kappa shape index (κ3) is 6.72. The van der Waals surface area contributed by atoms with E-state index in [0.717, 1.165) is 61.2 Å². The Morgan fingerprint density at radius 1 is 0.971 bits per heavy atom. The highest BCUT2D eigenvalue weighted by atomic mass is 32.2. The molecule has 1 atom stereocenters. The predicted octanol–water partition coefficient (Wildman–Crippen LogP) is 5.80. The van der Waals surface area contributed by atoms with Crippen molar-refractivity contribution in [2.45, 2.75) is 44.6 Å². The monoisotopic (exact) mass is 491 g/mol. The molecule has 1 heterocycles. The highest BCUT2D eigenvalue weighted by molar-refractivity contribution is 7.92. The highest BCUT2D eigenvalue weighted by Gasteiger charge is 2.21. The fraction of sp³-hybridized carbons (Fsp3) is 0.379. The summed E-state index contributed by atoms with van der Waals surface area (Å²) in [5.41, 5.74) is 5.84. The lowest BCUT2D eigenvalue weighted by molar-refractivity contribution is 0.248. The van der Waals surface area contributed by atoms with Crippen LogP contribution in [0, 0.1) is 6.92 Å². The van der Waals surface area contributed by atoms with E-state index in [-0.39, 0.29) is 0 Å². The topological polar surface area (TPSA) is 50.8 Å². The molecule has 1 aliphatic heterocycles. The Labute approximate surface area is 213 Å². The van der Waals surface area contributed by atoms with Gasteiger partial charge in [-0.15, -0.1) is 0 Å². The third-order valence-electron chi connectivity index (χ3n) is 6.71. The van der Waals surface area contributed by atoms with E-state index in [9.17, 15) is 4.55 Å². The van der Waals surface area contributed by atoms with E-state index < -0.39 is 11.4 Å². The van der Waals surface area contributed by atoms with Crippen molar-refractivity contribution < 1.29 is 9.29 Å². The molecule has 0 saturated carbocycles. The van der Waals surface area contributed by atoms with E-state index in [1.165, 1.54) is 29.5 Å². The van der Waals surface area contributed by atoms with Gasteiger partial charge in [0.2, 0.25) is 0 Å². The Balaban J connectivity index is 1.35. The zero-order valence-corrected chi connectivity index (χ0v) is 21.9. The Morgan fingerprint density at radius 3 is 2.43 bits per heavy atom. The second-order valence-electron chi connectivity index (χ2n) is 9.19. The smallest absolute Gasteiger partial charge is 0.180 e. The van der Waals surface area contributed by atoms with Crippen LogP contribution in [0.2, 0.25) is 0 Å². The SMILES string of the molecule is CCCCc1ccc(N[S+]([O-])c2ccc(C)c(CN3CCN(c4ccccc4OC)CC3)c2)cc1. The zero-order valence-electron chi connectivity index (χ0n) is 21.1. The minimum Gasteiger partial charge on any atom is -0.588 e. The molecule has 1 saturated heterocycles. The first-order valence-electron chi connectivity index (χ1n) is 12.5. The van der Waals surface area contributed by atoms with Crippen LogP contribution >= 0.6 is 0 Å². The van der Waals surface area contributed by atoms with Crippen LogP contribution in [0.15, 0.2) is 71.6 Å². The molecule has 0 aliphatic carbocycles. The minimum absolute atomic E-state index is 0.813. The van der Waals surface area contributed by atoms with Crippen LogP contribution in [0.3, 0.4) is 0 Å². The van der Waals surface area contributed by atoms with E-state index in [2.05, 4.69) is 64.8 Å². The summed E-state index contributed by atoms with van der Waals surface area (Å²) in [4.78, 5) is 5.68. The molecule has 0 amide bonds. The first-order chi connectivity index (χ1) is 17.1. The lowest BCUT2D eigenvalue weighted by Crippen LogP contribution is -2.46. The van der Waals surface area contributed by atoms with Gasteiger partial charge in [-0.25, -0.2) is 4.72 Å². The molecule has 4 rings (SSSR count). The van der Waals surface area contributed by atoms with Crippen LogP contribution in [-0.2, 0) is 24.3 Å². The van der Waals surface area contributed by atoms with Gasteiger partial charge in [-0.3, -0.25) is 4.90 Å². The number of rotatable bonds is 10. The van der Waals surface area contributed by atoms with Gasteiger partial charge in [0.25, 0.3) is 0 Å². The second-order valence-corrected chi connectivity index (χ2v) is 10.4. The van der Waals surface area contributed by atoms with E-state index >= 15 is 0 Å². The molecule has 5 nitrogen and oxygen atoms in total. The lowest BCUT2D eigenvalue weighted by Gasteiger charge is -2.36. The Hall–Kier alpha value is -2.67. The van der Waals surface area contributed by atoms with Gasteiger partial charge in [-0.1, -0.05) is 43.7 Å². The van der Waals surface area contributed by atoms with E-state index in [4.69, 9.17) is 4.74 Å². The number of nitrogens with zero attached hydrogens (tertiary/aromatic N) is 2. The van der Waals surface area contributed by atoms with E-state index in [1.54, 1.807) is 7.11 Å². The number of aryl methyl sites for hydroxylation is 2. The van der Waals surface area contributed by atoms with Gasteiger partial charge < -0.3 is 14.2 Å². The number of ether oxygens (including phenoxy) is 1. The van der Waals surface area contributed by atoms with Gasteiger partial charge in [0, 0.05) is 38.8 Å². The van der Waals surface area contributed by atoms with Crippen LogP contribution in [0.1, 0.15) is 36.5 Å². The van der Waals surface area contributed by atoms with E-state index in [0.29, 0.717) is 0 Å². The number of unbranched alkanes of at least 4 members (excludes halogenated alkanes) is 1. The van der Waals surface area contributed by atoms with Gasteiger partial charge in [0.05, 0.1) is 18.5 Å². The highest BCUT2D eigenvalue weighted by Crippen LogP contribution is 2.29. The van der Waals surface area contributed by atoms with Crippen LogP contribution in [0.5, 0.6) is 5.75 Å². The maximum absolute atomic E-state index is 13.1.